The minimum atomic E-state index is -0.325. The van der Waals surface area contributed by atoms with Crippen LogP contribution in [0.4, 0.5) is 4.39 Å². The van der Waals surface area contributed by atoms with E-state index in [0.29, 0.717) is 23.5 Å². The van der Waals surface area contributed by atoms with Crippen molar-refractivity contribution < 1.29 is 13.9 Å². The normalized spacial score (nSPS) is 10.6. The number of benzene rings is 2. The number of ether oxygens (including phenoxy) is 1. The molecule has 19 heavy (non-hydrogen) atoms. The summed E-state index contributed by atoms with van der Waals surface area (Å²) in [5, 5.41) is 7.80. The molecule has 0 aliphatic rings. The Balaban J connectivity index is 2.18. The highest BCUT2D eigenvalue weighted by Crippen LogP contribution is 2.29. The second-order valence-corrected chi connectivity index (χ2v) is 4.00. The first-order chi connectivity index (χ1) is 9.28. The molecule has 0 saturated carbocycles. The van der Waals surface area contributed by atoms with Crippen LogP contribution in [0.15, 0.2) is 42.5 Å². The summed E-state index contributed by atoms with van der Waals surface area (Å²) < 4.78 is 18.1. The lowest BCUT2D eigenvalue weighted by Crippen LogP contribution is -1.87. The van der Waals surface area contributed by atoms with Crippen molar-refractivity contribution in [3.8, 4) is 17.0 Å². The Bertz CT molecular complexity index is 752. The van der Waals surface area contributed by atoms with Gasteiger partial charge in [0.15, 0.2) is 0 Å². The lowest BCUT2D eigenvalue weighted by molar-refractivity contribution is -0.120. The number of nitrogens with zero attached hydrogens (tertiary/aromatic N) is 1. The number of nitrogens with one attached hydrogen (secondary N) is 1. The van der Waals surface area contributed by atoms with E-state index in [2.05, 4.69) is 10.2 Å². The molecule has 0 bridgehead atoms. The molecule has 94 valence electrons. The van der Waals surface area contributed by atoms with E-state index in [0.717, 1.165) is 10.9 Å². The van der Waals surface area contributed by atoms with Crippen molar-refractivity contribution in [3.63, 3.8) is 0 Å². The number of aromatic nitrogens is 2. The Morgan fingerprint density at radius 2 is 2.11 bits per heavy atom. The number of aromatic amines is 1. The SMILES string of the molecule is O=COc1ccc2[nH]nc(-c3cccc(F)c3)c2c1. The first-order valence-electron chi connectivity index (χ1n) is 5.62. The molecule has 0 amide bonds. The van der Waals surface area contributed by atoms with Crippen LogP contribution in [0.5, 0.6) is 5.75 Å². The lowest BCUT2D eigenvalue weighted by atomic mass is 10.1. The second-order valence-electron chi connectivity index (χ2n) is 4.00. The van der Waals surface area contributed by atoms with Crippen molar-refractivity contribution in [1.82, 2.24) is 10.2 Å². The predicted molar refractivity (Wildman–Crippen MR) is 68.2 cm³/mol. The topological polar surface area (TPSA) is 55.0 Å². The zero-order valence-electron chi connectivity index (χ0n) is 9.76. The summed E-state index contributed by atoms with van der Waals surface area (Å²) in [4.78, 5) is 10.4. The van der Waals surface area contributed by atoms with Gasteiger partial charge < -0.3 is 4.74 Å². The minimum absolute atomic E-state index is 0.325. The molecule has 0 saturated heterocycles. The number of halogens is 1. The first kappa shape index (κ1) is 11.4. The third-order valence-corrected chi connectivity index (χ3v) is 2.82. The molecule has 0 aliphatic heterocycles. The molecule has 2 aromatic carbocycles. The van der Waals surface area contributed by atoms with Crippen molar-refractivity contribution in [2.24, 2.45) is 0 Å². The Labute approximate surface area is 107 Å². The first-order valence-corrected chi connectivity index (χ1v) is 5.62. The monoisotopic (exact) mass is 256 g/mol. The van der Waals surface area contributed by atoms with E-state index >= 15 is 0 Å². The van der Waals surface area contributed by atoms with Gasteiger partial charge in [0.1, 0.15) is 17.3 Å². The van der Waals surface area contributed by atoms with Gasteiger partial charge in [-0.1, -0.05) is 12.1 Å². The summed E-state index contributed by atoms with van der Waals surface area (Å²) >= 11 is 0. The third kappa shape index (κ3) is 2.06. The van der Waals surface area contributed by atoms with Crippen molar-refractivity contribution in [3.05, 3.63) is 48.3 Å². The van der Waals surface area contributed by atoms with Crippen molar-refractivity contribution in [1.29, 1.82) is 0 Å². The van der Waals surface area contributed by atoms with Crippen LogP contribution in [0, 0.1) is 5.82 Å². The number of hydrogen-bond donors (Lipinski definition) is 1. The molecular weight excluding hydrogens is 247 g/mol. The van der Waals surface area contributed by atoms with Crippen LogP contribution in [-0.4, -0.2) is 16.7 Å². The Morgan fingerprint density at radius 3 is 2.89 bits per heavy atom. The average molecular weight is 256 g/mol. The third-order valence-electron chi connectivity index (χ3n) is 2.82. The fourth-order valence-corrected chi connectivity index (χ4v) is 1.98. The van der Waals surface area contributed by atoms with Crippen LogP contribution >= 0.6 is 0 Å². The molecule has 3 aromatic rings. The summed E-state index contributed by atoms with van der Waals surface area (Å²) in [7, 11) is 0. The fraction of sp³-hybridized carbons (Fsp3) is 0. The molecule has 4 nitrogen and oxygen atoms in total. The minimum Gasteiger partial charge on any atom is -0.429 e. The van der Waals surface area contributed by atoms with Gasteiger partial charge in [-0.15, -0.1) is 0 Å². The number of carbonyl (C=O) groups is 1. The highest BCUT2D eigenvalue weighted by atomic mass is 19.1. The van der Waals surface area contributed by atoms with Crippen molar-refractivity contribution >= 4 is 17.4 Å². The largest absolute Gasteiger partial charge is 0.429 e. The van der Waals surface area contributed by atoms with Crippen LogP contribution < -0.4 is 4.74 Å². The van der Waals surface area contributed by atoms with Gasteiger partial charge in [-0.25, -0.2) is 4.39 Å². The molecule has 3 rings (SSSR count). The summed E-state index contributed by atoms with van der Waals surface area (Å²) in [6.07, 6.45) is 0. The quantitative estimate of drug-likeness (QED) is 0.733. The van der Waals surface area contributed by atoms with E-state index in [9.17, 15) is 9.18 Å². The smallest absolute Gasteiger partial charge is 0.298 e. The van der Waals surface area contributed by atoms with Crippen LogP contribution in [-0.2, 0) is 4.79 Å². The van der Waals surface area contributed by atoms with E-state index in [1.54, 1.807) is 30.3 Å². The van der Waals surface area contributed by atoms with Crippen LogP contribution in [0.25, 0.3) is 22.2 Å². The van der Waals surface area contributed by atoms with E-state index in [-0.39, 0.29) is 5.82 Å². The zero-order valence-corrected chi connectivity index (χ0v) is 9.76. The Hall–Kier alpha value is -2.69. The van der Waals surface area contributed by atoms with Crippen molar-refractivity contribution in [2.75, 3.05) is 0 Å². The molecular formula is C14H9FN2O2. The molecule has 1 heterocycles. The lowest BCUT2D eigenvalue weighted by Gasteiger charge is -2.00. The standard InChI is InChI=1S/C14H9FN2O2/c15-10-3-1-2-9(6-10)14-12-7-11(19-8-18)4-5-13(12)16-17-14/h1-8H,(H,16,17). The maximum absolute atomic E-state index is 13.3. The van der Waals surface area contributed by atoms with E-state index in [1.807, 2.05) is 0 Å². The highest BCUT2D eigenvalue weighted by molar-refractivity contribution is 5.93. The fourth-order valence-electron chi connectivity index (χ4n) is 1.98. The van der Waals surface area contributed by atoms with Gasteiger partial charge in [-0.3, -0.25) is 9.89 Å². The summed E-state index contributed by atoms with van der Waals surface area (Å²) in [5.74, 6) is 0.0931. The number of fused-ring (bicyclic) bond motifs is 1. The predicted octanol–water partition coefficient (Wildman–Crippen LogP) is 2.90. The summed E-state index contributed by atoms with van der Waals surface area (Å²) in [6.45, 7) is 0.364. The molecule has 0 spiro atoms. The van der Waals surface area contributed by atoms with Gasteiger partial charge in [0.2, 0.25) is 0 Å². The number of rotatable bonds is 3. The molecule has 0 radical (unpaired) electrons. The molecule has 0 unspecified atom stereocenters. The molecule has 5 heteroatoms. The van der Waals surface area contributed by atoms with Gasteiger partial charge in [-0.2, -0.15) is 5.10 Å². The van der Waals surface area contributed by atoms with Gasteiger partial charge in [-0.05, 0) is 30.3 Å². The van der Waals surface area contributed by atoms with Crippen molar-refractivity contribution in [2.45, 2.75) is 0 Å². The van der Waals surface area contributed by atoms with Gasteiger partial charge in [0.05, 0.1) is 5.52 Å². The number of hydrogen-bond acceptors (Lipinski definition) is 3. The summed E-state index contributed by atoms with van der Waals surface area (Å²) in [5.41, 5.74) is 2.07. The molecule has 1 aromatic heterocycles. The van der Waals surface area contributed by atoms with Gasteiger partial charge in [0.25, 0.3) is 6.47 Å². The molecule has 0 atom stereocenters. The summed E-state index contributed by atoms with van der Waals surface area (Å²) in [6, 6.07) is 11.3. The van der Waals surface area contributed by atoms with Gasteiger partial charge >= 0.3 is 0 Å². The number of carbonyl (C=O) groups excluding carboxylic acids is 1. The van der Waals surface area contributed by atoms with E-state index < -0.39 is 0 Å². The van der Waals surface area contributed by atoms with Crippen LogP contribution in [0.3, 0.4) is 0 Å². The van der Waals surface area contributed by atoms with Gasteiger partial charge in [0, 0.05) is 10.9 Å². The highest BCUT2D eigenvalue weighted by Gasteiger charge is 2.09. The zero-order chi connectivity index (χ0) is 13.2. The Morgan fingerprint density at radius 1 is 1.21 bits per heavy atom. The maximum Gasteiger partial charge on any atom is 0.298 e. The van der Waals surface area contributed by atoms with Crippen LogP contribution in [0.2, 0.25) is 0 Å². The average Bonchev–Trinajstić information content (AvgIpc) is 2.82. The Kier molecular flexibility index (Phi) is 2.72. The van der Waals surface area contributed by atoms with Crippen LogP contribution in [0.1, 0.15) is 0 Å². The maximum atomic E-state index is 13.3. The second kappa shape index (κ2) is 4.53. The number of H-pyrrole nitrogens is 1. The molecule has 1 N–H and O–H groups in total. The van der Waals surface area contributed by atoms with E-state index in [4.69, 9.17) is 4.74 Å². The van der Waals surface area contributed by atoms with E-state index in [1.165, 1.54) is 12.1 Å². The molecule has 0 aliphatic carbocycles. The molecule has 0 fully saturated rings.